The van der Waals surface area contributed by atoms with Crippen LogP contribution in [-0.4, -0.2) is 96.8 Å². The van der Waals surface area contributed by atoms with E-state index in [0.29, 0.717) is 36.9 Å². The number of piperazine rings is 1. The first kappa shape index (κ1) is 26.1. The van der Waals surface area contributed by atoms with E-state index >= 15 is 0 Å². The minimum atomic E-state index is -0.843. The van der Waals surface area contributed by atoms with E-state index in [-0.39, 0.29) is 11.8 Å². The molecule has 2 heterocycles. The summed E-state index contributed by atoms with van der Waals surface area (Å²) in [6.45, 7) is 12.2. The van der Waals surface area contributed by atoms with Gasteiger partial charge in [0.25, 0.3) is 0 Å². The Hall–Kier alpha value is -2.52. The molecule has 2 saturated heterocycles. The van der Waals surface area contributed by atoms with E-state index in [9.17, 15) is 9.59 Å². The fourth-order valence-electron chi connectivity index (χ4n) is 4.57. The van der Waals surface area contributed by atoms with Crippen molar-refractivity contribution in [2.45, 2.75) is 33.6 Å². The summed E-state index contributed by atoms with van der Waals surface area (Å²) in [7, 11) is 1.68. The Morgan fingerprint density at radius 3 is 2.09 bits per heavy atom. The third kappa shape index (κ3) is 5.75. The van der Waals surface area contributed by atoms with Gasteiger partial charge in [0.2, 0.25) is 11.8 Å². The summed E-state index contributed by atoms with van der Waals surface area (Å²) < 4.78 is 5.25. The standard InChI is InChI=1S/C25H37N5O3S/c1-5-21(22-23(31)29(6-2)25(34)30(7-3)24(22)32)26-13-8-14-27-15-17-28(18-16-27)19-9-11-20(33-4)12-10-19/h9-12,22H,5-8,13-18H2,1-4H3. The first-order chi connectivity index (χ1) is 16.4. The fourth-order valence-corrected chi connectivity index (χ4v) is 5.00. The molecule has 2 amide bonds. The van der Waals surface area contributed by atoms with Gasteiger partial charge in [0, 0.05) is 63.8 Å². The Labute approximate surface area is 208 Å². The second-order valence-corrected chi connectivity index (χ2v) is 8.85. The molecule has 1 aromatic rings. The second-order valence-electron chi connectivity index (χ2n) is 8.49. The van der Waals surface area contributed by atoms with Crippen LogP contribution in [0.15, 0.2) is 29.3 Å². The van der Waals surface area contributed by atoms with E-state index in [0.717, 1.165) is 44.9 Å². The van der Waals surface area contributed by atoms with E-state index in [1.807, 2.05) is 32.9 Å². The number of methoxy groups -OCH3 is 1. The van der Waals surface area contributed by atoms with Gasteiger partial charge in [-0.1, -0.05) is 6.92 Å². The molecule has 1 aromatic carbocycles. The molecule has 0 bridgehead atoms. The summed E-state index contributed by atoms with van der Waals surface area (Å²) in [6.07, 6.45) is 1.47. The van der Waals surface area contributed by atoms with Crippen LogP contribution in [0.3, 0.4) is 0 Å². The van der Waals surface area contributed by atoms with Crippen molar-refractivity contribution in [3.05, 3.63) is 24.3 Å². The number of anilines is 1. The number of hydrogen-bond acceptors (Lipinski definition) is 7. The number of hydrogen-bond donors (Lipinski definition) is 0. The maximum Gasteiger partial charge on any atom is 0.247 e. The van der Waals surface area contributed by atoms with Crippen molar-refractivity contribution in [3.8, 4) is 5.75 Å². The van der Waals surface area contributed by atoms with E-state index < -0.39 is 5.92 Å². The summed E-state index contributed by atoms with van der Waals surface area (Å²) in [5.41, 5.74) is 1.89. The van der Waals surface area contributed by atoms with Gasteiger partial charge in [0.15, 0.2) is 11.0 Å². The van der Waals surface area contributed by atoms with Crippen LogP contribution in [0.4, 0.5) is 5.69 Å². The van der Waals surface area contributed by atoms with Crippen molar-refractivity contribution in [2.75, 3.05) is 64.4 Å². The predicted octanol–water partition coefficient (Wildman–Crippen LogP) is 2.67. The van der Waals surface area contributed by atoms with Crippen LogP contribution < -0.4 is 9.64 Å². The maximum absolute atomic E-state index is 13.0. The lowest BCUT2D eigenvalue weighted by molar-refractivity contribution is -0.143. The third-order valence-corrected chi connectivity index (χ3v) is 7.01. The number of aliphatic imine (C=N–C) groups is 1. The molecule has 0 radical (unpaired) electrons. The van der Waals surface area contributed by atoms with E-state index in [2.05, 4.69) is 21.9 Å². The highest BCUT2D eigenvalue weighted by Gasteiger charge is 2.44. The van der Waals surface area contributed by atoms with Gasteiger partial charge < -0.3 is 9.64 Å². The summed E-state index contributed by atoms with van der Waals surface area (Å²) in [5.74, 6) is -0.446. The fraction of sp³-hybridized carbons (Fsp3) is 0.600. The monoisotopic (exact) mass is 487 g/mol. The van der Waals surface area contributed by atoms with Gasteiger partial charge in [-0.2, -0.15) is 0 Å². The molecule has 9 heteroatoms. The molecule has 2 aliphatic rings. The van der Waals surface area contributed by atoms with Gasteiger partial charge in [-0.25, -0.2) is 0 Å². The number of benzene rings is 1. The zero-order valence-electron chi connectivity index (χ0n) is 20.8. The lowest BCUT2D eigenvalue weighted by atomic mass is 9.95. The lowest BCUT2D eigenvalue weighted by Crippen LogP contribution is -2.61. The predicted molar refractivity (Wildman–Crippen MR) is 140 cm³/mol. The van der Waals surface area contributed by atoms with E-state index in [1.54, 1.807) is 7.11 Å². The van der Waals surface area contributed by atoms with E-state index in [1.165, 1.54) is 15.5 Å². The third-order valence-electron chi connectivity index (χ3n) is 6.57. The highest BCUT2D eigenvalue weighted by Crippen LogP contribution is 2.22. The number of carbonyl (C=O) groups excluding carboxylic acids is 2. The van der Waals surface area contributed by atoms with Crippen molar-refractivity contribution < 1.29 is 14.3 Å². The number of ether oxygens (including phenoxy) is 1. The molecule has 0 spiro atoms. The first-order valence-corrected chi connectivity index (χ1v) is 12.7. The molecule has 34 heavy (non-hydrogen) atoms. The van der Waals surface area contributed by atoms with Crippen molar-refractivity contribution in [1.29, 1.82) is 0 Å². The number of carbonyl (C=O) groups is 2. The zero-order valence-corrected chi connectivity index (χ0v) is 21.6. The van der Waals surface area contributed by atoms with Crippen molar-refractivity contribution >= 4 is 40.5 Å². The number of amides is 2. The largest absolute Gasteiger partial charge is 0.497 e. The molecule has 8 nitrogen and oxygen atoms in total. The molecular weight excluding hydrogens is 450 g/mol. The molecule has 0 aliphatic carbocycles. The average Bonchev–Trinajstić information content (AvgIpc) is 2.86. The molecule has 186 valence electrons. The Bertz CT molecular complexity index is 870. The SMILES string of the molecule is CCC(=NCCCN1CCN(c2ccc(OC)cc2)CC1)C1C(=O)N(CC)C(=S)N(CC)C1=O. The second kappa shape index (κ2) is 12.3. The molecule has 2 fully saturated rings. The van der Waals surface area contributed by atoms with Gasteiger partial charge in [0.1, 0.15) is 5.75 Å². The van der Waals surface area contributed by atoms with Crippen LogP contribution in [0, 0.1) is 5.92 Å². The van der Waals surface area contributed by atoms with Gasteiger partial charge in [0.05, 0.1) is 7.11 Å². The topological polar surface area (TPSA) is 68.7 Å². The van der Waals surface area contributed by atoms with Crippen LogP contribution in [-0.2, 0) is 9.59 Å². The van der Waals surface area contributed by atoms with Gasteiger partial charge in [-0.15, -0.1) is 0 Å². The number of thiocarbonyl (C=S) groups is 1. The Balaban J connectivity index is 1.51. The van der Waals surface area contributed by atoms with Crippen LogP contribution in [0.5, 0.6) is 5.75 Å². The van der Waals surface area contributed by atoms with E-state index in [4.69, 9.17) is 21.9 Å². The Kier molecular flexibility index (Phi) is 9.41. The average molecular weight is 488 g/mol. The van der Waals surface area contributed by atoms with Crippen LogP contribution in [0.2, 0.25) is 0 Å². The van der Waals surface area contributed by atoms with Crippen molar-refractivity contribution in [2.24, 2.45) is 10.9 Å². The minimum Gasteiger partial charge on any atom is -0.497 e. The number of nitrogens with zero attached hydrogens (tertiary/aromatic N) is 5. The first-order valence-electron chi connectivity index (χ1n) is 12.3. The molecule has 0 aromatic heterocycles. The quantitative estimate of drug-likeness (QED) is 0.219. The molecule has 0 unspecified atom stereocenters. The molecule has 3 rings (SSSR count). The Morgan fingerprint density at radius 2 is 1.59 bits per heavy atom. The highest BCUT2D eigenvalue weighted by molar-refractivity contribution is 7.80. The normalized spacial score (nSPS) is 18.8. The Morgan fingerprint density at radius 1 is 1.00 bits per heavy atom. The maximum atomic E-state index is 13.0. The molecule has 0 N–H and O–H groups in total. The van der Waals surface area contributed by atoms with Gasteiger partial charge in [-0.3, -0.25) is 29.3 Å². The molecule has 0 saturated carbocycles. The van der Waals surface area contributed by atoms with Crippen molar-refractivity contribution in [1.82, 2.24) is 14.7 Å². The van der Waals surface area contributed by atoms with Crippen molar-refractivity contribution in [3.63, 3.8) is 0 Å². The summed E-state index contributed by atoms with van der Waals surface area (Å²) >= 11 is 5.36. The molecule has 0 atom stereocenters. The smallest absolute Gasteiger partial charge is 0.247 e. The number of rotatable bonds is 10. The zero-order chi connectivity index (χ0) is 24.7. The summed E-state index contributed by atoms with van der Waals surface area (Å²) in [6, 6.07) is 8.21. The minimum absolute atomic E-state index is 0.238. The molecule has 2 aliphatic heterocycles. The van der Waals surface area contributed by atoms with Crippen LogP contribution in [0.25, 0.3) is 0 Å². The summed E-state index contributed by atoms with van der Waals surface area (Å²) in [4.78, 5) is 38.6. The van der Waals surface area contributed by atoms with Gasteiger partial charge in [-0.05, 0) is 63.2 Å². The highest BCUT2D eigenvalue weighted by atomic mass is 32.1. The summed E-state index contributed by atoms with van der Waals surface area (Å²) in [5, 5.41) is 0.306. The lowest BCUT2D eigenvalue weighted by Gasteiger charge is -2.38. The van der Waals surface area contributed by atoms with Gasteiger partial charge >= 0.3 is 0 Å². The van der Waals surface area contributed by atoms with Crippen LogP contribution in [0.1, 0.15) is 33.6 Å². The molecular formula is C25H37N5O3S. The van der Waals surface area contributed by atoms with Crippen LogP contribution >= 0.6 is 12.2 Å².